The molecule has 0 saturated carbocycles. The molecule has 266 valence electrons. The fourth-order valence-electron chi connectivity index (χ4n) is 4.87. The summed E-state index contributed by atoms with van der Waals surface area (Å²) in [5.74, 6) is -6.28. The summed E-state index contributed by atoms with van der Waals surface area (Å²) in [6, 6.07) is 8.01. The average Bonchev–Trinajstić information content (AvgIpc) is 3.03. The van der Waals surface area contributed by atoms with Crippen molar-refractivity contribution in [3.05, 3.63) is 59.9 Å². The molecule has 0 fully saturated rings. The number of nitrogens with one attached hydrogen (secondary N) is 5. The van der Waals surface area contributed by atoms with Gasteiger partial charge in [-0.3, -0.25) is 24.0 Å². The van der Waals surface area contributed by atoms with Crippen molar-refractivity contribution >= 4 is 41.5 Å². The molecule has 0 saturated heterocycles. The van der Waals surface area contributed by atoms with E-state index in [0.717, 1.165) is 0 Å². The Morgan fingerprint density at radius 2 is 1.39 bits per heavy atom. The van der Waals surface area contributed by atoms with Crippen LogP contribution in [0.3, 0.4) is 0 Å². The Kier molecular flexibility index (Phi) is 16.2. The number of nitrogens with zero attached hydrogens (tertiary/aromatic N) is 1. The molecular formula is C33H45N6O10+. The minimum Gasteiger partial charge on any atom is -0.502 e. The maximum absolute atomic E-state index is 13.2. The van der Waals surface area contributed by atoms with E-state index in [0.29, 0.717) is 18.4 Å². The van der Waals surface area contributed by atoms with E-state index in [4.69, 9.17) is 0 Å². The number of aromatic carboxylic acids is 1. The van der Waals surface area contributed by atoms with Crippen LogP contribution in [0.25, 0.3) is 0 Å². The van der Waals surface area contributed by atoms with Gasteiger partial charge in [0, 0.05) is 25.8 Å². The summed E-state index contributed by atoms with van der Waals surface area (Å²) in [6.45, 7) is 4.05. The normalized spacial score (nSPS) is 12.6. The molecule has 0 aliphatic carbocycles. The molecule has 1 heterocycles. The van der Waals surface area contributed by atoms with Crippen molar-refractivity contribution in [1.82, 2.24) is 26.6 Å². The molecule has 1 aromatic heterocycles. The second-order valence-electron chi connectivity index (χ2n) is 11.8. The van der Waals surface area contributed by atoms with E-state index in [9.17, 15) is 48.9 Å². The van der Waals surface area contributed by atoms with Crippen LogP contribution in [-0.4, -0.2) is 88.0 Å². The summed E-state index contributed by atoms with van der Waals surface area (Å²) < 4.78 is 1.34. The van der Waals surface area contributed by atoms with Crippen molar-refractivity contribution in [3.8, 4) is 5.75 Å². The molecule has 2 rings (SSSR count). The first kappa shape index (κ1) is 39.6. The highest BCUT2D eigenvalue weighted by molar-refractivity contribution is 5.94. The summed E-state index contributed by atoms with van der Waals surface area (Å²) in [5, 5.41) is 41.2. The number of carbonyl (C=O) groups is 7. The third-order valence-corrected chi connectivity index (χ3v) is 7.22. The van der Waals surface area contributed by atoms with E-state index in [1.807, 2.05) is 13.8 Å². The van der Waals surface area contributed by atoms with E-state index in [2.05, 4.69) is 26.6 Å². The number of aromatic hydroxyl groups is 1. The average molecular weight is 686 g/mol. The Labute approximate surface area is 283 Å². The Hall–Kier alpha value is -5.54. The van der Waals surface area contributed by atoms with E-state index in [1.165, 1.54) is 29.8 Å². The smallest absolute Gasteiger partial charge is 0.405 e. The molecule has 5 amide bonds. The first-order valence-electron chi connectivity index (χ1n) is 15.8. The third-order valence-electron chi connectivity index (χ3n) is 7.22. The highest BCUT2D eigenvalue weighted by Gasteiger charge is 2.28. The fraction of sp³-hybridized carbons (Fsp3) is 0.455. The van der Waals surface area contributed by atoms with Crippen LogP contribution in [0.2, 0.25) is 0 Å². The van der Waals surface area contributed by atoms with Gasteiger partial charge >= 0.3 is 17.6 Å². The van der Waals surface area contributed by atoms with Crippen LogP contribution in [0, 0.1) is 5.92 Å². The van der Waals surface area contributed by atoms with Gasteiger partial charge < -0.3 is 41.9 Å². The molecule has 2 aromatic rings. The van der Waals surface area contributed by atoms with Crippen molar-refractivity contribution in [2.45, 2.75) is 77.5 Å². The number of aryl methyl sites for hydroxylation is 1. The van der Waals surface area contributed by atoms with Crippen molar-refractivity contribution in [2.75, 3.05) is 13.1 Å². The van der Waals surface area contributed by atoms with Gasteiger partial charge in [-0.05, 0) is 36.8 Å². The second-order valence-corrected chi connectivity index (χ2v) is 11.8. The number of hydrogen-bond donors (Lipinski definition) is 8. The number of carbonyl (C=O) groups excluding carboxylic acids is 5. The van der Waals surface area contributed by atoms with Crippen LogP contribution in [0.1, 0.15) is 62.5 Å². The zero-order valence-electron chi connectivity index (χ0n) is 27.7. The van der Waals surface area contributed by atoms with Crippen LogP contribution in [0.4, 0.5) is 0 Å². The summed E-state index contributed by atoms with van der Waals surface area (Å²) in [5.41, 5.74) is 0.396. The molecule has 0 unspecified atom stereocenters. The van der Waals surface area contributed by atoms with Crippen LogP contribution in [0.5, 0.6) is 5.75 Å². The van der Waals surface area contributed by atoms with Crippen molar-refractivity contribution < 1.29 is 53.4 Å². The van der Waals surface area contributed by atoms with Crippen molar-refractivity contribution in [1.29, 1.82) is 0 Å². The number of rotatable bonds is 20. The van der Waals surface area contributed by atoms with Crippen molar-refractivity contribution in [3.63, 3.8) is 0 Å². The predicted octanol–water partition coefficient (Wildman–Crippen LogP) is -0.372. The first-order valence-corrected chi connectivity index (χ1v) is 15.8. The Morgan fingerprint density at radius 1 is 0.755 bits per heavy atom. The quantitative estimate of drug-likeness (QED) is 0.0664. The van der Waals surface area contributed by atoms with E-state index in [-0.39, 0.29) is 37.4 Å². The summed E-state index contributed by atoms with van der Waals surface area (Å²) in [4.78, 5) is 86.3. The number of unbranched alkanes of at least 4 members (excludes halogenated alkanes) is 1. The molecule has 0 aliphatic rings. The highest BCUT2D eigenvalue weighted by atomic mass is 16.4. The largest absolute Gasteiger partial charge is 0.502 e. The lowest BCUT2D eigenvalue weighted by atomic mass is 10.0. The van der Waals surface area contributed by atoms with E-state index in [1.54, 1.807) is 30.3 Å². The van der Waals surface area contributed by atoms with E-state index >= 15 is 0 Å². The molecular weight excluding hydrogens is 640 g/mol. The van der Waals surface area contributed by atoms with Crippen LogP contribution < -0.4 is 31.2 Å². The molecule has 0 bridgehead atoms. The van der Waals surface area contributed by atoms with Gasteiger partial charge in [-0.2, -0.15) is 4.57 Å². The molecule has 0 spiro atoms. The Balaban J connectivity index is 2.09. The lowest BCUT2D eigenvalue weighted by Crippen LogP contribution is -2.55. The van der Waals surface area contributed by atoms with Gasteiger partial charge in [0.15, 0.2) is 11.9 Å². The van der Waals surface area contributed by atoms with Gasteiger partial charge in [-0.15, -0.1) is 0 Å². The zero-order chi connectivity index (χ0) is 36.5. The number of aliphatic carboxylic acids is 1. The molecule has 3 atom stereocenters. The van der Waals surface area contributed by atoms with Gasteiger partial charge in [-0.1, -0.05) is 44.2 Å². The lowest BCUT2D eigenvalue weighted by molar-refractivity contribution is -0.700. The number of carboxylic acids is 2. The molecule has 8 N–H and O–H groups in total. The third kappa shape index (κ3) is 14.4. The SMILES string of the molecule is CC(=O)NCC(=O)N[C@@H](CCCC[n+]1cccc(O)c1C(=O)O)C(=O)NCC(=O)N[C@@H](Cc1ccccc1)C(=O)N[C@@H](CC(C)C)C(=O)O. The molecule has 49 heavy (non-hydrogen) atoms. The Bertz CT molecular complexity index is 1480. The van der Waals surface area contributed by atoms with Gasteiger partial charge in [0.2, 0.25) is 29.5 Å². The lowest BCUT2D eigenvalue weighted by Gasteiger charge is -2.23. The molecule has 1 aromatic carbocycles. The van der Waals surface area contributed by atoms with Gasteiger partial charge in [-0.25, -0.2) is 9.59 Å². The maximum Gasteiger partial charge on any atom is 0.405 e. The standard InChI is InChI=1S/C33H44N6O10/c1-20(2)16-25(32(46)47)38-31(45)24(17-22-10-5-4-6-11-22)37-28(43)19-35-30(44)23(36-27(42)18-34-21(3)40)12-7-8-14-39-15-9-13-26(41)29(39)33(48)49/h4-6,9-11,13,15,20,23-25H,7-8,12,14,16-19H2,1-3H3,(H7-,34,35,36,37,38,40,41,42,43,44,45,46,47,48,49)/p+1/t23-,24-,25-/m0/s1. The number of benzene rings is 1. The number of amides is 5. The molecule has 16 heteroatoms. The number of aromatic nitrogens is 1. The molecule has 0 radical (unpaired) electrons. The molecule has 16 nitrogen and oxygen atoms in total. The highest BCUT2D eigenvalue weighted by Crippen LogP contribution is 2.12. The van der Waals surface area contributed by atoms with Gasteiger partial charge in [0.25, 0.3) is 0 Å². The Morgan fingerprint density at radius 3 is 1.98 bits per heavy atom. The monoisotopic (exact) mass is 685 g/mol. The first-order chi connectivity index (χ1) is 23.2. The second kappa shape index (κ2) is 20.0. The minimum atomic E-state index is -1.32. The van der Waals surface area contributed by atoms with Crippen LogP contribution in [0.15, 0.2) is 48.7 Å². The predicted molar refractivity (Wildman–Crippen MR) is 174 cm³/mol. The minimum absolute atomic E-state index is 0.0295. The number of pyridine rings is 1. The van der Waals surface area contributed by atoms with E-state index < -0.39 is 78.4 Å². The van der Waals surface area contributed by atoms with Crippen LogP contribution >= 0.6 is 0 Å². The summed E-state index contributed by atoms with van der Waals surface area (Å²) in [6.07, 6.45) is 2.44. The summed E-state index contributed by atoms with van der Waals surface area (Å²) in [7, 11) is 0. The van der Waals surface area contributed by atoms with Gasteiger partial charge in [0.1, 0.15) is 24.7 Å². The number of carboxylic acid groups (broad SMARTS) is 2. The zero-order valence-corrected chi connectivity index (χ0v) is 27.7. The number of hydrogen-bond acceptors (Lipinski definition) is 8. The molecule has 0 aliphatic heterocycles. The van der Waals surface area contributed by atoms with Gasteiger partial charge in [0.05, 0.1) is 13.1 Å². The van der Waals surface area contributed by atoms with Crippen molar-refractivity contribution in [2.24, 2.45) is 5.92 Å². The summed E-state index contributed by atoms with van der Waals surface area (Å²) >= 11 is 0. The fourth-order valence-corrected chi connectivity index (χ4v) is 4.87. The van der Waals surface area contributed by atoms with Crippen LogP contribution in [-0.2, 0) is 41.7 Å². The topological polar surface area (TPSA) is 244 Å². The maximum atomic E-state index is 13.2.